The standard InChI is InChI=1S/C17H20N2O6/c18-13(16(22)23)7-3-4-10-19-14(17(24)25)9-8-11-5-1-2-6-12(11)15(20)21/h1-2,5-6,8-9,13H,3-4,7,10,18H2,(H,20,21)(H,22,23)(H,24,25)/b9-8+,19-14?/t13-/m0/s1. The smallest absolute Gasteiger partial charge is 0.354 e. The van der Waals surface area contributed by atoms with E-state index in [0.717, 1.165) is 0 Å². The van der Waals surface area contributed by atoms with Crippen molar-refractivity contribution < 1.29 is 29.7 Å². The van der Waals surface area contributed by atoms with Crippen LogP contribution in [0.2, 0.25) is 0 Å². The van der Waals surface area contributed by atoms with Crippen LogP contribution < -0.4 is 5.73 Å². The van der Waals surface area contributed by atoms with Gasteiger partial charge in [-0.15, -0.1) is 0 Å². The van der Waals surface area contributed by atoms with Gasteiger partial charge in [-0.2, -0.15) is 0 Å². The molecule has 8 heteroatoms. The molecule has 0 aliphatic carbocycles. The van der Waals surface area contributed by atoms with Crippen LogP contribution in [0.15, 0.2) is 35.3 Å². The number of nitrogens with two attached hydrogens (primary N) is 1. The van der Waals surface area contributed by atoms with Gasteiger partial charge in [0.2, 0.25) is 0 Å². The topological polar surface area (TPSA) is 150 Å². The van der Waals surface area contributed by atoms with E-state index in [9.17, 15) is 14.4 Å². The summed E-state index contributed by atoms with van der Waals surface area (Å²) >= 11 is 0. The van der Waals surface area contributed by atoms with Crippen molar-refractivity contribution in [2.24, 2.45) is 10.7 Å². The van der Waals surface area contributed by atoms with Gasteiger partial charge in [-0.3, -0.25) is 9.79 Å². The van der Waals surface area contributed by atoms with E-state index in [0.29, 0.717) is 18.4 Å². The number of carboxylic acids is 3. The molecule has 0 saturated carbocycles. The van der Waals surface area contributed by atoms with Crippen molar-refractivity contribution >= 4 is 29.7 Å². The maximum absolute atomic E-state index is 11.2. The summed E-state index contributed by atoms with van der Waals surface area (Å²) in [7, 11) is 0. The Morgan fingerprint density at radius 3 is 2.40 bits per heavy atom. The summed E-state index contributed by atoms with van der Waals surface area (Å²) in [5.41, 5.74) is 5.60. The molecule has 5 N–H and O–H groups in total. The van der Waals surface area contributed by atoms with Crippen molar-refractivity contribution in [3.63, 3.8) is 0 Å². The number of aromatic carboxylic acids is 1. The van der Waals surface area contributed by atoms with Crippen LogP contribution in [0.25, 0.3) is 6.08 Å². The molecule has 0 heterocycles. The molecule has 0 aliphatic heterocycles. The number of hydrogen-bond donors (Lipinski definition) is 4. The van der Waals surface area contributed by atoms with E-state index in [2.05, 4.69) is 4.99 Å². The van der Waals surface area contributed by atoms with Gasteiger partial charge in [0.1, 0.15) is 11.8 Å². The highest BCUT2D eigenvalue weighted by atomic mass is 16.4. The fraction of sp³-hybridized carbons (Fsp3) is 0.294. The highest BCUT2D eigenvalue weighted by Gasteiger charge is 2.11. The Morgan fingerprint density at radius 2 is 1.80 bits per heavy atom. The van der Waals surface area contributed by atoms with Gasteiger partial charge >= 0.3 is 17.9 Å². The quantitative estimate of drug-likeness (QED) is 0.369. The summed E-state index contributed by atoms with van der Waals surface area (Å²) in [5, 5.41) is 26.9. The molecule has 1 atom stereocenters. The summed E-state index contributed by atoms with van der Waals surface area (Å²) in [4.78, 5) is 36.8. The van der Waals surface area contributed by atoms with Gasteiger partial charge in [0.15, 0.2) is 0 Å². The van der Waals surface area contributed by atoms with E-state index in [-0.39, 0.29) is 24.2 Å². The highest BCUT2D eigenvalue weighted by molar-refractivity contribution is 6.41. The SMILES string of the molecule is N[C@@H](CCCCN=C(/C=C/c1ccccc1C(=O)O)C(=O)O)C(=O)O. The average molecular weight is 348 g/mol. The third-order valence-electron chi connectivity index (χ3n) is 3.35. The highest BCUT2D eigenvalue weighted by Crippen LogP contribution is 2.11. The molecule has 1 rings (SSSR count). The molecule has 0 radical (unpaired) electrons. The fourth-order valence-electron chi connectivity index (χ4n) is 2.00. The van der Waals surface area contributed by atoms with Gasteiger partial charge in [-0.25, -0.2) is 9.59 Å². The van der Waals surface area contributed by atoms with Crippen LogP contribution >= 0.6 is 0 Å². The molecule has 0 bridgehead atoms. The molecule has 1 aromatic rings. The van der Waals surface area contributed by atoms with E-state index < -0.39 is 23.9 Å². The summed E-state index contributed by atoms with van der Waals surface area (Å²) in [6.45, 7) is 0.207. The molecule has 0 unspecified atom stereocenters. The van der Waals surface area contributed by atoms with E-state index in [4.69, 9.17) is 21.1 Å². The predicted molar refractivity (Wildman–Crippen MR) is 91.8 cm³/mol. The number of carboxylic acid groups (broad SMARTS) is 3. The molecule has 25 heavy (non-hydrogen) atoms. The zero-order valence-corrected chi connectivity index (χ0v) is 13.5. The first kappa shape index (κ1) is 20.0. The van der Waals surface area contributed by atoms with Crippen molar-refractivity contribution in [2.75, 3.05) is 6.54 Å². The van der Waals surface area contributed by atoms with Gasteiger partial charge in [-0.1, -0.05) is 24.3 Å². The summed E-state index contributed by atoms with van der Waals surface area (Å²) in [6.07, 6.45) is 3.92. The normalized spacial score (nSPS) is 12.9. The lowest BCUT2D eigenvalue weighted by atomic mass is 10.1. The Bertz CT molecular complexity index is 696. The lowest BCUT2D eigenvalue weighted by Gasteiger charge is -2.04. The van der Waals surface area contributed by atoms with Gasteiger partial charge in [0.05, 0.1) is 5.56 Å². The van der Waals surface area contributed by atoms with Crippen LogP contribution in [-0.4, -0.2) is 51.5 Å². The second-order valence-corrected chi connectivity index (χ2v) is 5.24. The molecule has 8 nitrogen and oxygen atoms in total. The summed E-state index contributed by atoms with van der Waals surface area (Å²) < 4.78 is 0. The number of carbonyl (C=O) groups is 3. The van der Waals surface area contributed by atoms with E-state index in [1.54, 1.807) is 18.2 Å². The van der Waals surface area contributed by atoms with Crippen molar-refractivity contribution in [3.05, 3.63) is 41.5 Å². The summed E-state index contributed by atoms with van der Waals surface area (Å²) in [6, 6.07) is 5.28. The maximum Gasteiger partial charge on any atom is 0.354 e. The van der Waals surface area contributed by atoms with E-state index in [1.807, 2.05) is 0 Å². The Labute approximate surface area is 144 Å². The number of hydrogen-bond acceptors (Lipinski definition) is 5. The van der Waals surface area contributed by atoms with Crippen LogP contribution in [-0.2, 0) is 9.59 Å². The number of unbranched alkanes of at least 4 members (excludes halogenated alkanes) is 1. The van der Waals surface area contributed by atoms with Gasteiger partial charge < -0.3 is 21.1 Å². The molecule has 0 aromatic heterocycles. The molecular formula is C17H20N2O6. The largest absolute Gasteiger partial charge is 0.480 e. The second-order valence-electron chi connectivity index (χ2n) is 5.24. The minimum absolute atomic E-state index is 0.0612. The molecule has 0 saturated heterocycles. The van der Waals surface area contributed by atoms with Crippen molar-refractivity contribution in [1.29, 1.82) is 0 Å². The Hall–Kier alpha value is -3.00. The fourth-order valence-corrected chi connectivity index (χ4v) is 2.00. The number of benzene rings is 1. The first-order valence-corrected chi connectivity index (χ1v) is 7.59. The zero-order valence-electron chi connectivity index (χ0n) is 13.5. The lowest BCUT2D eigenvalue weighted by Crippen LogP contribution is -2.29. The molecular weight excluding hydrogens is 328 g/mol. The van der Waals surface area contributed by atoms with Crippen LogP contribution in [0.1, 0.15) is 35.2 Å². The zero-order chi connectivity index (χ0) is 18.8. The first-order chi connectivity index (χ1) is 11.8. The number of aliphatic imine (C=N–C) groups is 1. The Balaban J connectivity index is 2.70. The number of nitrogens with zero attached hydrogens (tertiary/aromatic N) is 1. The minimum Gasteiger partial charge on any atom is -0.480 e. The second kappa shape index (κ2) is 9.99. The molecule has 0 aliphatic rings. The average Bonchev–Trinajstić information content (AvgIpc) is 2.56. The molecule has 1 aromatic carbocycles. The van der Waals surface area contributed by atoms with Crippen LogP contribution in [0.3, 0.4) is 0 Å². The van der Waals surface area contributed by atoms with Crippen LogP contribution in [0.4, 0.5) is 0 Å². The van der Waals surface area contributed by atoms with Crippen molar-refractivity contribution in [3.8, 4) is 0 Å². The van der Waals surface area contributed by atoms with Crippen molar-refractivity contribution in [2.45, 2.75) is 25.3 Å². The number of aliphatic carboxylic acids is 2. The van der Waals surface area contributed by atoms with E-state index in [1.165, 1.54) is 18.2 Å². The van der Waals surface area contributed by atoms with Gasteiger partial charge in [-0.05, 0) is 37.0 Å². The number of rotatable bonds is 10. The lowest BCUT2D eigenvalue weighted by molar-refractivity contribution is -0.138. The Kier molecular flexibility index (Phi) is 8.01. The maximum atomic E-state index is 11.2. The van der Waals surface area contributed by atoms with Crippen LogP contribution in [0, 0.1) is 0 Å². The van der Waals surface area contributed by atoms with E-state index >= 15 is 0 Å². The molecule has 0 amide bonds. The monoisotopic (exact) mass is 348 g/mol. The third kappa shape index (κ3) is 6.96. The van der Waals surface area contributed by atoms with Gasteiger partial charge in [0, 0.05) is 6.54 Å². The minimum atomic E-state index is -1.23. The van der Waals surface area contributed by atoms with Crippen molar-refractivity contribution in [1.82, 2.24) is 0 Å². The predicted octanol–water partition coefficient (Wildman–Crippen LogP) is 1.51. The summed E-state index contributed by atoms with van der Waals surface area (Å²) in [5.74, 6) is -3.41. The van der Waals surface area contributed by atoms with Gasteiger partial charge in [0.25, 0.3) is 0 Å². The first-order valence-electron chi connectivity index (χ1n) is 7.59. The Morgan fingerprint density at radius 1 is 1.12 bits per heavy atom. The van der Waals surface area contributed by atoms with Crippen LogP contribution in [0.5, 0.6) is 0 Å². The molecule has 0 fully saturated rings. The third-order valence-corrected chi connectivity index (χ3v) is 3.35. The molecule has 134 valence electrons. The molecule has 0 spiro atoms.